The highest BCUT2D eigenvalue weighted by molar-refractivity contribution is 6.17. The lowest BCUT2D eigenvalue weighted by atomic mass is 10.1. The van der Waals surface area contributed by atoms with Crippen molar-refractivity contribution >= 4 is 43.7 Å². The molecule has 44 heavy (non-hydrogen) atoms. The van der Waals surface area contributed by atoms with Crippen LogP contribution < -0.4 is 0 Å². The van der Waals surface area contributed by atoms with E-state index in [1.807, 2.05) is 72.8 Å². The molecule has 0 fully saturated rings. The minimum Gasteiger partial charge on any atom is -0.456 e. The highest BCUT2D eigenvalue weighted by Gasteiger charge is 2.18. The van der Waals surface area contributed by atoms with E-state index in [1.165, 1.54) is 16.3 Å². The van der Waals surface area contributed by atoms with Gasteiger partial charge < -0.3 is 8.98 Å². The Morgan fingerprint density at radius 2 is 0.955 bits per heavy atom. The third-order valence-electron chi connectivity index (χ3n) is 8.24. The molecule has 0 amide bonds. The summed E-state index contributed by atoms with van der Waals surface area (Å²) in [6.07, 6.45) is 0. The maximum Gasteiger partial charge on any atom is 0.164 e. The van der Waals surface area contributed by atoms with Crippen LogP contribution in [0, 0.1) is 0 Å². The predicted molar refractivity (Wildman–Crippen MR) is 178 cm³/mol. The van der Waals surface area contributed by atoms with Crippen LogP contribution in [0.25, 0.3) is 83.6 Å². The Morgan fingerprint density at radius 1 is 0.386 bits per heavy atom. The summed E-state index contributed by atoms with van der Waals surface area (Å²) >= 11 is 0. The number of fused-ring (bicyclic) bond motifs is 6. The SMILES string of the molecule is c1ccc(-c2nc(-c3ccccc3)nc(-c3ccc4c(c3)oc3cc5c(cc34)c3ccccc3n5-c3ccccc3)n2)cc1. The standard InChI is InChI=1S/C39H24N4O/c1-4-12-25(13-5-1)37-40-38(26-14-6-2-7-15-26)42-39(41-37)27-20-21-30-32-23-31-29-18-10-11-19-33(29)43(28-16-8-3-9-17-28)34(31)24-36(32)44-35(30)22-27/h1-24H. The molecule has 0 radical (unpaired) electrons. The van der Waals surface area contributed by atoms with Gasteiger partial charge in [0.15, 0.2) is 17.5 Å². The molecule has 0 saturated heterocycles. The van der Waals surface area contributed by atoms with Gasteiger partial charge in [-0.3, -0.25) is 0 Å². The summed E-state index contributed by atoms with van der Waals surface area (Å²) in [5.41, 5.74) is 7.80. The van der Waals surface area contributed by atoms with Gasteiger partial charge in [-0.1, -0.05) is 103 Å². The van der Waals surface area contributed by atoms with Gasteiger partial charge in [-0.25, -0.2) is 15.0 Å². The average Bonchev–Trinajstić information content (AvgIpc) is 3.62. The number of hydrogen-bond donors (Lipinski definition) is 0. The monoisotopic (exact) mass is 564 g/mol. The molecule has 206 valence electrons. The van der Waals surface area contributed by atoms with E-state index in [0.717, 1.165) is 49.8 Å². The highest BCUT2D eigenvalue weighted by Crippen LogP contribution is 2.39. The minimum atomic E-state index is 0.603. The smallest absolute Gasteiger partial charge is 0.164 e. The van der Waals surface area contributed by atoms with Crippen molar-refractivity contribution < 1.29 is 4.42 Å². The van der Waals surface area contributed by atoms with Crippen molar-refractivity contribution in [2.24, 2.45) is 0 Å². The molecule has 5 heteroatoms. The van der Waals surface area contributed by atoms with Crippen molar-refractivity contribution in [3.05, 3.63) is 146 Å². The van der Waals surface area contributed by atoms with Crippen molar-refractivity contribution in [3.8, 4) is 39.9 Å². The van der Waals surface area contributed by atoms with E-state index in [-0.39, 0.29) is 0 Å². The second-order valence-electron chi connectivity index (χ2n) is 10.9. The molecule has 6 aromatic carbocycles. The van der Waals surface area contributed by atoms with Crippen LogP contribution in [-0.4, -0.2) is 19.5 Å². The fraction of sp³-hybridized carbons (Fsp3) is 0. The summed E-state index contributed by atoms with van der Waals surface area (Å²) in [6, 6.07) is 49.8. The molecular formula is C39H24N4O. The van der Waals surface area contributed by atoms with Crippen molar-refractivity contribution in [2.75, 3.05) is 0 Å². The first kappa shape index (κ1) is 24.5. The van der Waals surface area contributed by atoms with Crippen molar-refractivity contribution in [1.29, 1.82) is 0 Å². The molecule has 0 spiro atoms. The number of para-hydroxylation sites is 2. The number of benzene rings is 6. The van der Waals surface area contributed by atoms with Crippen LogP contribution in [0.1, 0.15) is 0 Å². The van der Waals surface area contributed by atoms with Crippen LogP contribution in [0.5, 0.6) is 0 Å². The average molecular weight is 565 g/mol. The molecular weight excluding hydrogens is 540 g/mol. The summed E-state index contributed by atoms with van der Waals surface area (Å²) in [6.45, 7) is 0. The van der Waals surface area contributed by atoms with Gasteiger partial charge in [-0.05, 0) is 36.4 Å². The minimum absolute atomic E-state index is 0.603. The third-order valence-corrected chi connectivity index (χ3v) is 8.24. The topological polar surface area (TPSA) is 56.7 Å². The van der Waals surface area contributed by atoms with Gasteiger partial charge in [0, 0.05) is 50.0 Å². The molecule has 9 aromatic rings. The fourth-order valence-electron chi connectivity index (χ4n) is 6.17. The Kier molecular flexibility index (Phi) is 5.43. The largest absolute Gasteiger partial charge is 0.456 e. The third kappa shape index (κ3) is 3.91. The van der Waals surface area contributed by atoms with Gasteiger partial charge in [-0.15, -0.1) is 0 Å². The van der Waals surface area contributed by atoms with Crippen LogP contribution in [0.4, 0.5) is 0 Å². The number of furan rings is 1. The maximum atomic E-state index is 6.55. The first-order chi connectivity index (χ1) is 21.8. The van der Waals surface area contributed by atoms with Gasteiger partial charge >= 0.3 is 0 Å². The number of aromatic nitrogens is 4. The molecule has 0 aliphatic rings. The van der Waals surface area contributed by atoms with Crippen LogP contribution >= 0.6 is 0 Å². The maximum absolute atomic E-state index is 6.55. The zero-order valence-electron chi connectivity index (χ0n) is 23.6. The first-order valence-electron chi connectivity index (χ1n) is 14.6. The molecule has 0 N–H and O–H groups in total. The zero-order valence-corrected chi connectivity index (χ0v) is 23.6. The molecule has 0 unspecified atom stereocenters. The molecule has 3 aromatic heterocycles. The Bertz CT molecular complexity index is 2420. The summed E-state index contributed by atoms with van der Waals surface area (Å²) in [4.78, 5) is 14.6. The van der Waals surface area contributed by atoms with E-state index in [9.17, 15) is 0 Å². The Labute approximate surface area is 252 Å². The molecule has 9 rings (SSSR count). The molecule has 0 bridgehead atoms. The fourth-order valence-corrected chi connectivity index (χ4v) is 6.17. The lowest BCUT2D eigenvalue weighted by molar-refractivity contribution is 0.669. The van der Waals surface area contributed by atoms with Gasteiger partial charge in [0.1, 0.15) is 11.2 Å². The van der Waals surface area contributed by atoms with Crippen molar-refractivity contribution in [2.45, 2.75) is 0 Å². The van der Waals surface area contributed by atoms with Gasteiger partial charge in [0.25, 0.3) is 0 Å². The lowest BCUT2D eigenvalue weighted by Crippen LogP contribution is -2.00. The molecule has 3 heterocycles. The lowest BCUT2D eigenvalue weighted by Gasteiger charge is -2.08. The molecule has 0 aliphatic carbocycles. The number of nitrogens with zero attached hydrogens (tertiary/aromatic N) is 4. The van der Waals surface area contributed by atoms with E-state index in [2.05, 4.69) is 77.4 Å². The second kappa shape index (κ2) is 9.75. The van der Waals surface area contributed by atoms with Crippen LogP contribution in [-0.2, 0) is 0 Å². The van der Waals surface area contributed by atoms with E-state index in [1.54, 1.807) is 0 Å². The van der Waals surface area contributed by atoms with Gasteiger partial charge in [0.05, 0.1) is 11.0 Å². The quantitative estimate of drug-likeness (QED) is 0.213. The Morgan fingerprint density at radius 3 is 1.64 bits per heavy atom. The second-order valence-corrected chi connectivity index (χ2v) is 10.9. The summed E-state index contributed by atoms with van der Waals surface area (Å²) in [5.74, 6) is 1.87. The van der Waals surface area contributed by atoms with Crippen LogP contribution in [0.15, 0.2) is 150 Å². The summed E-state index contributed by atoms with van der Waals surface area (Å²) < 4.78 is 8.86. The normalized spacial score (nSPS) is 11.6. The van der Waals surface area contributed by atoms with Crippen molar-refractivity contribution in [1.82, 2.24) is 19.5 Å². The van der Waals surface area contributed by atoms with Gasteiger partial charge in [-0.2, -0.15) is 0 Å². The Balaban J connectivity index is 1.24. The summed E-state index contributed by atoms with van der Waals surface area (Å²) in [5, 5.41) is 4.55. The summed E-state index contributed by atoms with van der Waals surface area (Å²) in [7, 11) is 0. The van der Waals surface area contributed by atoms with E-state index in [4.69, 9.17) is 19.4 Å². The number of hydrogen-bond acceptors (Lipinski definition) is 4. The Hall–Kier alpha value is -6.07. The molecule has 0 aliphatic heterocycles. The van der Waals surface area contributed by atoms with E-state index in [0.29, 0.717) is 17.5 Å². The molecule has 5 nitrogen and oxygen atoms in total. The number of rotatable bonds is 4. The van der Waals surface area contributed by atoms with E-state index < -0.39 is 0 Å². The molecule has 0 saturated carbocycles. The van der Waals surface area contributed by atoms with Crippen LogP contribution in [0.3, 0.4) is 0 Å². The van der Waals surface area contributed by atoms with Gasteiger partial charge in [0.2, 0.25) is 0 Å². The molecule has 0 atom stereocenters. The van der Waals surface area contributed by atoms with Crippen LogP contribution in [0.2, 0.25) is 0 Å². The highest BCUT2D eigenvalue weighted by atomic mass is 16.3. The zero-order chi connectivity index (χ0) is 29.0. The predicted octanol–water partition coefficient (Wildman–Crippen LogP) is 9.87. The first-order valence-corrected chi connectivity index (χ1v) is 14.6. The van der Waals surface area contributed by atoms with E-state index >= 15 is 0 Å². The van der Waals surface area contributed by atoms with Crippen molar-refractivity contribution in [3.63, 3.8) is 0 Å².